The molecule has 1 saturated heterocycles. The number of nitrogens with one attached hydrogen (secondary N) is 1. The van der Waals surface area contributed by atoms with E-state index in [0.717, 1.165) is 18.5 Å². The lowest BCUT2D eigenvalue weighted by molar-refractivity contribution is -0.384. The van der Waals surface area contributed by atoms with Gasteiger partial charge in [-0.1, -0.05) is 0 Å². The van der Waals surface area contributed by atoms with Gasteiger partial charge in [0.2, 0.25) is 5.82 Å². The zero-order valence-corrected chi connectivity index (χ0v) is 10.9. The van der Waals surface area contributed by atoms with Crippen LogP contribution in [0.2, 0.25) is 0 Å². The van der Waals surface area contributed by atoms with Crippen molar-refractivity contribution in [1.29, 1.82) is 0 Å². The molecule has 1 aromatic heterocycles. The first-order valence-corrected chi connectivity index (χ1v) is 7.28. The molecular formula is C11H15N3O3S. The third kappa shape index (κ3) is 3.04. The Hall–Kier alpha value is -1.50. The zero-order chi connectivity index (χ0) is 13.1. The summed E-state index contributed by atoms with van der Waals surface area (Å²) in [5.74, 6) is 1.62. The molecule has 2 heterocycles. The second-order valence-electron chi connectivity index (χ2n) is 4.34. The summed E-state index contributed by atoms with van der Waals surface area (Å²) in [5, 5.41) is 14.0. The molecule has 7 heteroatoms. The minimum absolute atomic E-state index is 0.00713. The molecule has 0 aromatic carbocycles. The van der Waals surface area contributed by atoms with Gasteiger partial charge in [0.25, 0.3) is 0 Å². The lowest BCUT2D eigenvalue weighted by Gasteiger charge is -2.22. The van der Waals surface area contributed by atoms with E-state index in [-0.39, 0.29) is 11.7 Å². The van der Waals surface area contributed by atoms with Crippen molar-refractivity contribution >= 4 is 22.3 Å². The maximum Gasteiger partial charge on any atom is 0.311 e. The molecule has 0 saturated carbocycles. The number of rotatable bonds is 3. The molecule has 0 unspecified atom stereocenters. The van der Waals surface area contributed by atoms with Crippen LogP contribution in [-0.4, -0.2) is 31.7 Å². The molecule has 1 aliphatic rings. The molecule has 1 aliphatic heterocycles. The molecule has 98 valence electrons. The van der Waals surface area contributed by atoms with E-state index in [2.05, 4.69) is 10.3 Å². The lowest BCUT2D eigenvalue weighted by atomic mass is 10.1. The molecule has 0 spiro atoms. The molecule has 18 heavy (non-hydrogen) atoms. The summed E-state index contributed by atoms with van der Waals surface area (Å²) in [6.45, 7) is 1.80. The fourth-order valence-electron chi connectivity index (χ4n) is 1.93. The third-order valence-corrected chi connectivity index (χ3v) is 4.32. The first-order chi connectivity index (χ1) is 8.56. The Labute approximate surface area is 107 Å². The van der Waals surface area contributed by atoms with E-state index >= 15 is 0 Å². The average Bonchev–Trinajstić information content (AvgIpc) is 2.32. The minimum atomic E-state index is -0.732. The summed E-state index contributed by atoms with van der Waals surface area (Å²) in [5.41, 5.74) is 0.731. The molecule has 0 radical (unpaired) electrons. The summed E-state index contributed by atoms with van der Waals surface area (Å²) in [4.78, 5) is 14.6. The second-order valence-corrected chi connectivity index (χ2v) is 6.04. The van der Waals surface area contributed by atoms with Crippen molar-refractivity contribution in [2.24, 2.45) is 0 Å². The molecule has 1 aromatic rings. The van der Waals surface area contributed by atoms with Gasteiger partial charge in [0, 0.05) is 40.1 Å². The SMILES string of the molecule is Cc1ccc([N+](=O)[O-])c(NC2CCS(=O)CC2)n1. The monoisotopic (exact) mass is 269 g/mol. The van der Waals surface area contributed by atoms with E-state index in [9.17, 15) is 14.3 Å². The maximum atomic E-state index is 11.2. The Bertz CT molecular complexity index is 482. The smallest absolute Gasteiger partial charge is 0.311 e. The normalized spacial score (nSPS) is 23.6. The minimum Gasteiger partial charge on any atom is -0.362 e. The van der Waals surface area contributed by atoms with Crippen LogP contribution in [0.25, 0.3) is 0 Å². The van der Waals surface area contributed by atoms with E-state index in [1.807, 2.05) is 0 Å². The first kappa shape index (κ1) is 12.9. The molecule has 1 fully saturated rings. The van der Waals surface area contributed by atoms with Gasteiger partial charge in [-0.05, 0) is 25.8 Å². The van der Waals surface area contributed by atoms with Gasteiger partial charge in [-0.15, -0.1) is 0 Å². The highest BCUT2D eigenvalue weighted by atomic mass is 32.2. The summed E-state index contributed by atoms with van der Waals surface area (Å²) < 4.78 is 11.2. The highest BCUT2D eigenvalue weighted by Gasteiger charge is 2.22. The van der Waals surface area contributed by atoms with Gasteiger partial charge < -0.3 is 5.32 Å². The molecule has 2 rings (SSSR count). The van der Waals surface area contributed by atoms with Crippen LogP contribution in [0, 0.1) is 17.0 Å². The number of pyridine rings is 1. The van der Waals surface area contributed by atoms with Gasteiger partial charge in [-0.25, -0.2) is 4.98 Å². The molecule has 0 aliphatic carbocycles. The van der Waals surface area contributed by atoms with Gasteiger partial charge in [-0.2, -0.15) is 0 Å². The van der Waals surface area contributed by atoms with Gasteiger partial charge in [0.1, 0.15) is 0 Å². The number of hydrogen-bond donors (Lipinski definition) is 1. The topological polar surface area (TPSA) is 85.1 Å². The first-order valence-electron chi connectivity index (χ1n) is 5.80. The average molecular weight is 269 g/mol. The van der Waals surface area contributed by atoms with Crippen LogP contribution in [0.15, 0.2) is 12.1 Å². The van der Waals surface area contributed by atoms with Crippen LogP contribution in [0.5, 0.6) is 0 Å². The second kappa shape index (κ2) is 5.43. The summed E-state index contributed by atoms with van der Waals surface area (Å²) >= 11 is 0. The van der Waals surface area contributed by atoms with Crippen molar-refractivity contribution in [3.05, 3.63) is 27.9 Å². The largest absolute Gasteiger partial charge is 0.362 e. The predicted octanol–water partition coefficient (Wildman–Crippen LogP) is 1.62. The van der Waals surface area contributed by atoms with Crippen LogP contribution in [-0.2, 0) is 10.8 Å². The Kier molecular flexibility index (Phi) is 3.90. The Morgan fingerprint density at radius 1 is 1.44 bits per heavy atom. The lowest BCUT2D eigenvalue weighted by Crippen LogP contribution is -2.30. The Morgan fingerprint density at radius 2 is 2.11 bits per heavy atom. The number of aryl methyl sites for hydroxylation is 1. The van der Waals surface area contributed by atoms with E-state index < -0.39 is 15.7 Å². The fraction of sp³-hybridized carbons (Fsp3) is 0.545. The summed E-state index contributed by atoms with van der Waals surface area (Å²) in [6, 6.07) is 3.21. The zero-order valence-electron chi connectivity index (χ0n) is 10.1. The predicted molar refractivity (Wildman–Crippen MR) is 70.1 cm³/mol. The van der Waals surface area contributed by atoms with Gasteiger partial charge in [-0.3, -0.25) is 14.3 Å². The number of anilines is 1. The van der Waals surface area contributed by atoms with Crippen molar-refractivity contribution in [2.75, 3.05) is 16.8 Å². The van der Waals surface area contributed by atoms with Crippen molar-refractivity contribution in [3.8, 4) is 0 Å². The molecule has 0 atom stereocenters. The standard InChI is InChI=1S/C11H15N3O3S/c1-8-2-3-10(14(15)16)11(12-8)13-9-4-6-18(17)7-5-9/h2-3,9H,4-7H2,1H3,(H,12,13). The van der Waals surface area contributed by atoms with Crippen molar-refractivity contribution in [3.63, 3.8) is 0 Å². The summed E-state index contributed by atoms with van der Waals surface area (Å²) in [6.07, 6.45) is 1.53. The molecule has 0 amide bonds. The van der Waals surface area contributed by atoms with Crippen LogP contribution >= 0.6 is 0 Å². The fourth-order valence-corrected chi connectivity index (χ4v) is 3.23. The molecular weight excluding hydrogens is 254 g/mol. The Morgan fingerprint density at radius 3 is 2.72 bits per heavy atom. The van der Waals surface area contributed by atoms with Gasteiger partial charge in [0.05, 0.1) is 4.92 Å². The van der Waals surface area contributed by atoms with E-state index in [0.29, 0.717) is 17.3 Å². The van der Waals surface area contributed by atoms with Crippen molar-refractivity contribution < 1.29 is 9.13 Å². The van der Waals surface area contributed by atoms with Crippen molar-refractivity contribution in [1.82, 2.24) is 4.98 Å². The summed E-state index contributed by atoms with van der Waals surface area (Å²) in [7, 11) is -0.732. The number of nitrogens with zero attached hydrogens (tertiary/aromatic N) is 2. The van der Waals surface area contributed by atoms with Crippen molar-refractivity contribution in [2.45, 2.75) is 25.8 Å². The number of hydrogen-bond acceptors (Lipinski definition) is 5. The van der Waals surface area contributed by atoms with Crippen LogP contribution in [0.3, 0.4) is 0 Å². The number of aromatic nitrogens is 1. The molecule has 1 N–H and O–H groups in total. The molecule has 6 nitrogen and oxygen atoms in total. The van der Waals surface area contributed by atoms with Gasteiger partial charge in [0.15, 0.2) is 0 Å². The van der Waals surface area contributed by atoms with E-state index in [4.69, 9.17) is 0 Å². The van der Waals surface area contributed by atoms with Crippen LogP contribution in [0.1, 0.15) is 18.5 Å². The highest BCUT2D eigenvalue weighted by molar-refractivity contribution is 7.85. The van der Waals surface area contributed by atoms with Crippen LogP contribution in [0.4, 0.5) is 11.5 Å². The van der Waals surface area contributed by atoms with E-state index in [1.54, 1.807) is 13.0 Å². The highest BCUT2D eigenvalue weighted by Crippen LogP contribution is 2.24. The molecule has 0 bridgehead atoms. The van der Waals surface area contributed by atoms with E-state index in [1.165, 1.54) is 6.07 Å². The van der Waals surface area contributed by atoms with Crippen LogP contribution < -0.4 is 5.32 Å². The maximum absolute atomic E-state index is 11.2. The van der Waals surface area contributed by atoms with Gasteiger partial charge >= 0.3 is 5.69 Å². The Balaban J connectivity index is 2.15. The third-order valence-electron chi connectivity index (χ3n) is 2.94. The number of nitro groups is 1. The quantitative estimate of drug-likeness (QED) is 0.665.